The third-order valence-corrected chi connectivity index (χ3v) is 3.16. The van der Waals surface area contributed by atoms with E-state index in [0.29, 0.717) is 6.04 Å². The molecule has 1 aromatic heterocycles. The quantitative estimate of drug-likeness (QED) is 0.897. The summed E-state index contributed by atoms with van der Waals surface area (Å²) in [6.07, 6.45) is 6.46. The summed E-state index contributed by atoms with van der Waals surface area (Å²) in [6, 6.07) is 0.693. The highest BCUT2D eigenvalue weighted by molar-refractivity contribution is 5.85. The zero-order chi connectivity index (χ0) is 10.7. The van der Waals surface area contributed by atoms with Gasteiger partial charge in [0.05, 0.1) is 6.20 Å². The number of halogens is 2. The Hall–Kier alpha value is -0.290. The van der Waals surface area contributed by atoms with E-state index in [0.717, 1.165) is 13.0 Å². The molecule has 1 aliphatic rings. The molecule has 100 valence electrons. The maximum absolute atomic E-state index is 4.18. The Balaban J connectivity index is 0.00000128. The molecule has 1 N–H and O–H groups in total. The minimum absolute atomic E-state index is 0. The van der Waals surface area contributed by atoms with E-state index in [-0.39, 0.29) is 24.8 Å². The molecule has 1 aromatic rings. The lowest BCUT2D eigenvalue weighted by Crippen LogP contribution is -2.30. The molecule has 1 saturated heterocycles. The number of rotatable bonds is 4. The molecule has 1 aliphatic heterocycles. The summed E-state index contributed by atoms with van der Waals surface area (Å²) >= 11 is 0. The van der Waals surface area contributed by atoms with E-state index in [1.54, 1.807) is 0 Å². The lowest BCUT2D eigenvalue weighted by atomic mass is 10.2. The van der Waals surface area contributed by atoms with Crippen molar-refractivity contribution in [2.24, 2.45) is 7.05 Å². The first-order valence-electron chi connectivity index (χ1n) is 5.65. The molecule has 0 bridgehead atoms. The number of nitrogens with one attached hydrogen (secondary N) is 1. The Morgan fingerprint density at radius 3 is 2.76 bits per heavy atom. The number of hydrogen-bond acceptors (Lipinski definition) is 3. The van der Waals surface area contributed by atoms with E-state index < -0.39 is 0 Å². The number of hydrogen-bond donors (Lipinski definition) is 1. The van der Waals surface area contributed by atoms with Crippen molar-refractivity contribution in [2.75, 3.05) is 26.7 Å². The first-order chi connectivity index (χ1) is 7.28. The van der Waals surface area contributed by atoms with Crippen molar-refractivity contribution in [3.63, 3.8) is 0 Å². The number of nitrogens with zero attached hydrogens (tertiary/aromatic N) is 3. The Labute approximate surface area is 116 Å². The average Bonchev–Trinajstić information content (AvgIpc) is 2.83. The van der Waals surface area contributed by atoms with E-state index in [1.165, 1.54) is 25.1 Å². The van der Waals surface area contributed by atoms with Crippen LogP contribution in [0.15, 0.2) is 12.4 Å². The molecular weight excluding hydrogens is 259 g/mol. The zero-order valence-corrected chi connectivity index (χ0v) is 12.1. The van der Waals surface area contributed by atoms with Crippen LogP contribution in [0.1, 0.15) is 12.0 Å². The molecule has 1 unspecified atom stereocenters. The topological polar surface area (TPSA) is 33.1 Å². The summed E-state index contributed by atoms with van der Waals surface area (Å²) in [5, 5.41) is 7.52. The first-order valence-corrected chi connectivity index (χ1v) is 5.65. The van der Waals surface area contributed by atoms with Gasteiger partial charge in [0.25, 0.3) is 0 Å². The molecule has 1 fully saturated rings. The Morgan fingerprint density at radius 1 is 1.47 bits per heavy atom. The molecule has 0 amide bonds. The number of aromatic nitrogens is 2. The highest BCUT2D eigenvalue weighted by atomic mass is 35.5. The van der Waals surface area contributed by atoms with Crippen molar-refractivity contribution >= 4 is 24.8 Å². The third kappa shape index (κ3) is 4.84. The molecule has 17 heavy (non-hydrogen) atoms. The van der Waals surface area contributed by atoms with Gasteiger partial charge in [0, 0.05) is 32.4 Å². The molecule has 1 atom stereocenters. The summed E-state index contributed by atoms with van der Waals surface area (Å²) in [5.74, 6) is 0. The highest BCUT2D eigenvalue weighted by Gasteiger charge is 2.20. The number of likely N-dealkylation sites (N-methyl/N-ethyl adjacent to an activating group) is 1. The standard InChI is InChI=1S/C11H20N4.2ClH/c1-12-11-4-6-15(9-11)5-3-10-7-13-14(2)8-10;;/h7-8,11-12H,3-6,9H2,1-2H3;2*1H. The van der Waals surface area contributed by atoms with Crippen molar-refractivity contribution in [1.29, 1.82) is 0 Å². The molecule has 6 heteroatoms. The third-order valence-electron chi connectivity index (χ3n) is 3.16. The maximum atomic E-state index is 4.18. The number of aryl methyl sites for hydroxylation is 1. The Morgan fingerprint density at radius 2 is 2.24 bits per heavy atom. The van der Waals surface area contributed by atoms with Crippen LogP contribution in [-0.2, 0) is 13.5 Å². The van der Waals surface area contributed by atoms with Gasteiger partial charge in [-0.3, -0.25) is 4.68 Å². The summed E-state index contributed by atoms with van der Waals surface area (Å²) in [7, 11) is 4.02. The van der Waals surface area contributed by atoms with Crippen LogP contribution >= 0.6 is 24.8 Å². The van der Waals surface area contributed by atoms with Gasteiger partial charge >= 0.3 is 0 Å². The van der Waals surface area contributed by atoms with E-state index >= 15 is 0 Å². The van der Waals surface area contributed by atoms with Gasteiger partial charge < -0.3 is 10.2 Å². The van der Waals surface area contributed by atoms with Gasteiger partial charge in [-0.05, 0) is 32.0 Å². The van der Waals surface area contributed by atoms with E-state index in [2.05, 4.69) is 28.6 Å². The summed E-state index contributed by atoms with van der Waals surface area (Å²) in [6.45, 7) is 3.58. The van der Waals surface area contributed by atoms with Gasteiger partial charge in [-0.2, -0.15) is 5.10 Å². The second kappa shape index (κ2) is 7.93. The monoisotopic (exact) mass is 280 g/mol. The molecule has 4 nitrogen and oxygen atoms in total. The van der Waals surface area contributed by atoms with Crippen molar-refractivity contribution in [2.45, 2.75) is 18.9 Å². The van der Waals surface area contributed by atoms with Crippen LogP contribution in [0.4, 0.5) is 0 Å². The maximum Gasteiger partial charge on any atom is 0.0522 e. The van der Waals surface area contributed by atoms with Gasteiger partial charge in [-0.1, -0.05) is 0 Å². The van der Waals surface area contributed by atoms with Crippen LogP contribution in [0.2, 0.25) is 0 Å². The fraction of sp³-hybridized carbons (Fsp3) is 0.727. The van der Waals surface area contributed by atoms with Crippen molar-refractivity contribution in [3.8, 4) is 0 Å². The summed E-state index contributed by atoms with van der Waals surface area (Å²) in [5.41, 5.74) is 1.34. The predicted molar refractivity (Wildman–Crippen MR) is 75.3 cm³/mol. The molecule has 2 heterocycles. The minimum atomic E-state index is 0. The molecule has 0 aliphatic carbocycles. The molecule has 0 radical (unpaired) electrons. The first kappa shape index (κ1) is 16.7. The van der Waals surface area contributed by atoms with Gasteiger partial charge in [-0.25, -0.2) is 0 Å². The smallest absolute Gasteiger partial charge is 0.0522 e. The Kier molecular flexibility index (Phi) is 7.79. The Bertz CT molecular complexity index is 316. The molecular formula is C11H22Cl2N4. The van der Waals surface area contributed by atoms with E-state index in [1.807, 2.05) is 17.9 Å². The fourth-order valence-electron chi connectivity index (χ4n) is 2.16. The van der Waals surface area contributed by atoms with Crippen molar-refractivity contribution < 1.29 is 0 Å². The van der Waals surface area contributed by atoms with Gasteiger partial charge in [0.1, 0.15) is 0 Å². The summed E-state index contributed by atoms with van der Waals surface area (Å²) in [4.78, 5) is 2.52. The lowest BCUT2D eigenvalue weighted by Gasteiger charge is -2.14. The number of likely N-dealkylation sites (tertiary alicyclic amines) is 1. The van der Waals surface area contributed by atoms with Gasteiger partial charge in [0.15, 0.2) is 0 Å². The van der Waals surface area contributed by atoms with Crippen molar-refractivity contribution in [1.82, 2.24) is 20.0 Å². The fourth-order valence-corrected chi connectivity index (χ4v) is 2.16. The second-order valence-electron chi connectivity index (χ2n) is 4.35. The van der Waals surface area contributed by atoms with Crippen molar-refractivity contribution in [3.05, 3.63) is 18.0 Å². The normalized spacial score (nSPS) is 19.8. The van der Waals surface area contributed by atoms with Gasteiger partial charge in [-0.15, -0.1) is 24.8 Å². The highest BCUT2D eigenvalue weighted by Crippen LogP contribution is 2.09. The minimum Gasteiger partial charge on any atom is -0.316 e. The van der Waals surface area contributed by atoms with Crippen LogP contribution < -0.4 is 5.32 Å². The molecule has 0 spiro atoms. The predicted octanol–water partition coefficient (Wildman–Crippen LogP) is 1.10. The van der Waals surface area contributed by atoms with Crippen LogP contribution in [0.25, 0.3) is 0 Å². The van der Waals surface area contributed by atoms with Gasteiger partial charge in [0.2, 0.25) is 0 Å². The lowest BCUT2D eigenvalue weighted by molar-refractivity contribution is 0.334. The SMILES string of the molecule is CNC1CCN(CCc2cnn(C)c2)C1.Cl.Cl. The van der Waals surface area contributed by atoms with Crippen LogP contribution in [0.5, 0.6) is 0 Å². The van der Waals surface area contributed by atoms with Crippen LogP contribution in [-0.4, -0.2) is 47.4 Å². The molecule has 2 rings (SSSR count). The molecule has 0 saturated carbocycles. The summed E-state index contributed by atoms with van der Waals surface area (Å²) < 4.78 is 1.87. The van der Waals surface area contributed by atoms with Crippen LogP contribution in [0.3, 0.4) is 0 Å². The average molecular weight is 281 g/mol. The molecule has 0 aromatic carbocycles. The van der Waals surface area contributed by atoms with E-state index in [4.69, 9.17) is 0 Å². The van der Waals surface area contributed by atoms with Crippen LogP contribution in [0, 0.1) is 0 Å². The second-order valence-corrected chi connectivity index (χ2v) is 4.35. The largest absolute Gasteiger partial charge is 0.316 e. The van der Waals surface area contributed by atoms with E-state index in [9.17, 15) is 0 Å². The zero-order valence-electron chi connectivity index (χ0n) is 10.4.